The molecular weight excluding hydrogens is 342 g/mol. The minimum atomic E-state index is -3.52. The fraction of sp³-hybridized carbons (Fsp3) is 0.889. The van der Waals surface area contributed by atoms with Gasteiger partial charge in [-0.25, -0.2) is 12.7 Å². The third kappa shape index (κ3) is 2.93. The van der Waals surface area contributed by atoms with Crippen molar-refractivity contribution >= 4 is 21.8 Å². The van der Waals surface area contributed by atoms with E-state index in [1.165, 1.54) is 4.31 Å². The molecule has 3 fully saturated rings. The van der Waals surface area contributed by atoms with Crippen LogP contribution >= 0.6 is 0 Å². The zero-order chi connectivity index (χ0) is 18.5. The van der Waals surface area contributed by atoms with Crippen molar-refractivity contribution < 1.29 is 22.7 Å². The lowest BCUT2D eigenvalue weighted by Gasteiger charge is -2.38. The normalized spacial score (nSPS) is 32.9. The number of Topliss-reactive ketones (excluding diaryl/α,β-unsaturated/α-hetero) is 1. The molecule has 0 radical (unpaired) electrons. The zero-order valence-electron chi connectivity index (χ0n) is 15.4. The average Bonchev–Trinajstić information content (AvgIpc) is 2.89. The number of fused-ring (bicyclic) bond motifs is 2. The van der Waals surface area contributed by atoms with E-state index in [1.807, 2.05) is 0 Å². The molecular formula is C18H29NO5S. The lowest BCUT2D eigenvalue weighted by Crippen LogP contribution is -2.48. The molecule has 0 amide bonds. The number of piperidine rings is 1. The number of esters is 1. The first-order valence-electron chi connectivity index (χ1n) is 9.32. The summed E-state index contributed by atoms with van der Waals surface area (Å²) in [7, 11) is -3.52. The summed E-state index contributed by atoms with van der Waals surface area (Å²) in [5, 5.41) is 0. The van der Waals surface area contributed by atoms with Crippen molar-refractivity contribution in [3.63, 3.8) is 0 Å². The summed E-state index contributed by atoms with van der Waals surface area (Å²) in [6, 6.07) is 0. The molecule has 1 heterocycles. The molecule has 7 heteroatoms. The molecule has 3 rings (SSSR count). The van der Waals surface area contributed by atoms with Gasteiger partial charge in [-0.05, 0) is 43.9 Å². The molecule has 0 N–H and O–H groups in total. The van der Waals surface area contributed by atoms with Crippen molar-refractivity contribution in [3.05, 3.63) is 0 Å². The fourth-order valence-electron chi connectivity index (χ4n) is 5.14. The number of carbonyl (C=O) groups is 2. The Kier molecular flexibility index (Phi) is 4.77. The third-order valence-corrected chi connectivity index (χ3v) is 9.04. The minimum Gasteiger partial charge on any atom is -0.466 e. The maximum absolute atomic E-state index is 13.0. The summed E-state index contributed by atoms with van der Waals surface area (Å²) in [6.45, 7) is 6.89. The second kappa shape index (κ2) is 6.34. The summed E-state index contributed by atoms with van der Waals surface area (Å²) in [5.74, 6) is -0.0933. The highest BCUT2D eigenvalue weighted by Crippen LogP contribution is 2.64. The van der Waals surface area contributed by atoms with Crippen molar-refractivity contribution in [2.45, 2.75) is 52.9 Å². The molecule has 3 aliphatic rings. The molecule has 25 heavy (non-hydrogen) atoms. The first-order valence-corrected chi connectivity index (χ1v) is 10.9. The largest absolute Gasteiger partial charge is 0.466 e. The van der Waals surface area contributed by atoms with Gasteiger partial charge in [0.25, 0.3) is 0 Å². The van der Waals surface area contributed by atoms with Crippen molar-refractivity contribution in [2.75, 3.05) is 25.4 Å². The van der Waals surface area contributed by atoms with Gasteiger partial charge in [0.1, 0.15) is 5.78 Å². The quantitative estimate of drug-likeness (QED) is 0.691. The van der Waals surface area contributed by atoms with E-state index in [2.05, 4.69) is 13.8 Å². The SMILES string of the molecule is CCOC(=O)C1CCN(S(=O)(=O)CC23CCC(CC2=O)C3(C)C)CC1. The van der Waals surface area contributed by atoms with E-state index in [0.29, 0.717) is 51.3 Å². The van der Waals surface area contributed by atoms with Crippen molar-refractivity contribution in [3.8, 4) is 0 Å². The number of hydrogen-bond donors (Lipinski definition) is 0. The van der Waals surface area contributed by atoms with Gasteiger partial charge in [-0.1, -0.05) is 13.8 Å². The molecule has 6 nitrogen and oxygen atoms in total. The van der Waals surface area contributed by atoms with Gasteiger partial charge in [-0.15, -0.1) is 0 Å². The molecule has 0 aromatic rings. The second-order valence-corrected chi connectivity index (χ2v) is 10.3. The van der Waals surface area contributed by atoms with Gasteiger partial charge in [-0.3, -0.25) is 9.59 Å². The standard InChI is InChI=1S/C18H29NO5S/c1-4-24-16(21)13-6-9-19(10-7-13)25(22,23)12-18-8-5-14(11-15(18)20)17(18,2)3/h13-14H,4-12H2,1-3H3. The van der Waals surface area contributed by atoms with E-state index < -0.39 is 15.4 Å². The molecule has 0 aromatic heterocycles. The smallest absolute Gasteiger partial charge is 0.309 e. The number of nitrogens with zero attached hydrogens (tertiary/aromatic N) is 1. The van der Waals surface area contributed by atoms with Gasteiger partial charge in [0, 0.05) is 24.9 Å². The van der Waals surface area contributed by atoms with Gasteiger partial charge in [0.05, 0.1) is 18.3 Å². The summed E-state index contributed by atoms with van der Waals surface area (Å²) >= 11 is 0. The molecule has 0 spiro atoms. The van der Waals surface area contributed by atoms with Gasteiger partial charge < -0.3 is 4.74 Å². The topological polar surface area (TPSA) is 80.8 Å². The van der Waals surface area contributed by atoms with Crippen LogP contribution in [-0.2, 0) is 24.3 Å². The van der Waals surface area contributed by atoms with Crippen LogP contribution in [0.4, 0.5) is 0 Å². The van der Waals surface area contributed by atoms with Crippen molar-refractivity contribution in [2.24, 2.45) is 22.7 Å². The maximum Gasteiger partial charge on any atom is 0.309 e. The monoisotopic (exact) mass is 371 g/mol. The van der Waals surface area contributed by atoms with Crippen LogP contribution in [0.1, 0.15) is 52.9 Å². The molecule has 2 atom stereocenters. The number of sulfonamides is 1. The lowest BCUT2D eigenvalue weighted by atomic mass is 9.70. The maximum atomic E-state index is 13.0. The zero-order valence-corrected chi connectivity index (χ0v) is 16.2. The van der Waals surface area contributed by atoms with Crippen molar-refractivity contribution in [1.82, 2.24) is 4.31 Å². The Morgan fingerprint density at radius 2 is 1.88 bits per heavy atom. The number of carbonyl (C=O) groups excluding carboxylic acids is 2. The summed E-state index contributed by atoms with van der Waals surface area (Å²) < 4.78 is 32.6. The number of ketones is 1. The highest BCUT2D eigenvalue weighted by Gasteiger charge is 2.65. The Bertz CT molecular complexity index is 663. The van der Waals surface area contributed by atoms with Gasteiger partial charge in [0.2, 0.25) is 10.0 Å². The Labute approximate surface area is 150 Å². The van der Waals surface area contributed by atoms with Crippen LogP contribution in [-0.4, -0.2) is 49.9 Å². The van der Waals surface area contributed by atoms with E-state index in [0.717, 1.165) is 6.42 Å². The molecule has 2 bridgehead atoms. The Balaban J connectivity index is 1.70. The number of hydrogen-bond acceptors (Lipinski definition) is 5. The molecule has 0 aromatic carbocycles. The van der Waals surface area contributed by atoms with Crippen LogP contribution in [0.5, 0.6) is 0 Å². The third-order valence-electron chi connectivity index (χ3n) is 7.04. The van der Waals surface area contributed by atoms with E-state index in [1.54, 1.807) is 6.92 Å². The number of ether oxygens (including phenoxy) is 1. The van der Waals surface area contributed by atoms with E-state index in [9.17, 15) is 18.0 Å². The predicted molar refractivity (Wildman–Crippen MR) is 93.3 cm³/mol. The van der Waals surface area contributed by atoms with Crippen LogP contribution in [0.3, 0.4) is 0 Å². The van der Waals surface area contributed by atoms with Crippen LogP contribution in [0.25, 0.3) is 0 Å². The van der Waals surface area contributed by atoms with E-state index >= 15 is 0 Å². The minimum absolute atomic E-state index is 0.0770. The highest BCUT2D eigenvalue weighted by molar-refractivity contribution is 7.89. The first-order chi connectivity index (χ1) is 11.6. The highest BCUT2D eigenvalue weighted by atomic mass is 32.2. The van der Waals surface area contributed by atoms with Gasteiger partial charge in [0.15, 0.2) is 0 Å². The van der Waals surface area contributed by atoms with E-state index in [4.69, 9.17) is 4.74 Å². The Morgan fingerprint density at radius 1 is 1.24 bits per heavy atom. The molecule has 1 saturated heterocycles. The van der Waals surface area contributed by atoms with Gasteiger partial charge in [-0.2, -0.15) is 0 Å². The fourth-order valence-corrected chi connectivity index (χ4v) is 7.39. The molecule has 2 aliphatic carbocycles. The molecule has 2 saturated carbocycles. The molecule has 2 unspecified atom stereocenters. The summed E-state index contributed by atoms with van der Waals surface area (Å²) in [4.78, 5) is 24.4. The summed E-state index contributed by atoms with van der Waals surface area (Å²) in [5.41, 5.74) is -0.977. The van der Waals surface area contributed by atoms with Crippen LogP contribution in [0.2, 0.25) is 0 Å². The van der Waals surface area contributed by atoms with E-state index in [-0.39, 0.29) is 28.8 Å². The van der Waals surface area contributed by atoms with Crippen LogP contribution < -0.4 is 0 Å². The number of rotatable bonds is 5. The molecule has 142 valence electrons. The first kappa shape index (κ1) is 18.8. The summed E-state index contributed by atoms with van der Waals surface area (Å²) in [6.07, 6.45) is 3.13. The Morgan fingerprint density at radius 3 is 2.36 bits per heavy atom. The lowest BCUT2D eigenvalue weighted by molar-refractivity contribution is -0.149. The van der Waals surface area contributed by atoms with Gasteiger partial charge >= 0.3 is 5.97 Å². The predicted octanol–water partition coefficient (Wildman–Crippen LogP) is 1.99. The Hall–Kier alpha value is -0.950. The average molecular weight is 371 g/mol. The van der Waals surface area contributed by atoms with Crippen molar-refractivity contribution in [1.29, 1.82) is 0 Å². The van der Waals surface area contributed by atoms with Crippen LogP contribution in [0, 0.1) is 22.7 Å². The second-order valence-electron chi connectivity index (χ2n) is 8.35. The molecule has 1 aliphatic heterocycles. The van der Waals surface area contributed by atoms with Crippen LogP contribution in [0.15, 0.2) is 0 Å².